The Morgan fingerprint density at radius 2 is 2.19 bits per heavy atom. The van der Waals surface area contributed by atoms with Gasteiger partial charge in [-0.1, -0.05) is 20.8 Å². The van der Waals surface area contributed by atoms with Gasteiger partial charge in [0, 0.05) is 12.7 Å². The minimum atomic E-state index is 0.313. The van der Waals surface area contributed by atoms with Crippen molar-refractivity contribution in [3.63, 3.8) is 0 Å². The number of fused-ring (bicyclic) bond motifs is 1. The lowest BCUT2D eigenvalue weighted by Gasteiger charge is -2.18. The van der Waals surface area contributed by atoms with Crippen molar-refractivity contribution < 1.29 is 0 Å². The first kappa shape index (κ1) is 11.3. The van der Waals surface area contributed by atoms with Crippen LogP contribution in [0.1, 0.15) is 27.2 Å². The van der Waals surface area contributed by atoms with Crippen LogP contribution in [-0.2, 0) is 6.54 Å². The molecule has 0 aliphatic carbocycles. The van der Waals surface area contributed by atoms with Gasteiger partial charge in [0.1, 0.15) is 0 Å². The summed E-state index contributed by atoms with van der Waals surface area (Å²) in [5.41, 5.74) is 2.28. The Hall–Kier alpha value is -1.16. The van der Waals surface area contributed by atoms with E-state index in [9.17, 15) is 0 Å². The average molecular weight is 235 g/mol. The molecule has 2 aromatic rings. The summed E-state index contributed by atoms with van der Waals surface area (Å²) in [4.78, 5) is 7.55. The van der Waals surface area contributed by atoms with E-state index in [0.29, 0.717) is 5.41 Å². The van der Waals surface area contributed by atoms with Crippen LogP contribution >= 0.6 is 12.2 Å². The van der Waals surface area contributed by atoms with Crippen LogP contribution in [-0.4, -0.2) is 14.5 Å². The Bertz CT molecular complexity index is 545. The number of pyridine rings is 1. The molecule has 0 unspecified atom stereocenters. The van der Waals surface area contributed by atoms with Gasteiger partial charge in [-0.15, -0.1) is 0 Å². The summed E-state index contributed by atoms with van der Waals surface area (Å²) < 4.78 is 2.84. The Morgan fingerprint density at radius 1 is 1.44 bits per heavy atom. The fourth-order valence-corrected chi connectivity index (χ4v) is 1.93. The first-order valence-corrected chi connectivity index (χ1v) is 5.92. The van der Waals surface area contributed by atoms with Gasteiger partial charge in [-0.2, -0.15) is 0 Å². The van der Waals surface area contributed by atoms with Crippen LogP contribution in [0.3, 0.4) is 0 Å². The number of rotatable bonds is 2. The predicted molar refractivity (Wildman–Crippen MR) is 69.0 cm³/mol. The van der Waals surface area contributed by atoms with Crippen molar-refractivity contribution >= 4 is 23.4 Å². The minimum Gasteiger partial charge on any atom is -0.329 e. The van der Waals surface area contributed by atoms with Crippen LogP contribution in [0.15, 0.2) is 18.3 Å². The molecule has 0 aliphatic heterocycles. The first-order valence-electron chi connectivity index (χ1n) is 5.51. The van der Waals surface area contributed by atoms with Crippen molar-refractivity contribution in [2.75, 3.05) is 0 Å². The van der Waals surface area contributed by atoms with E-state index in [1.165, 1.54) is 0 Å². The van der Waals surface area contributed by atoms with Gasteiger partial charge in [-0.25, -0.2) is 4.98 Å². The molecule has 2 aromatic heterocycles. The number of aromatic nitrogens is 3. The topological polar surface area (TPSA) is 33.6 Å². The van der Waals surface area contributed by atoms with Crippen molar-refractivity contribution in [2.45, 2.75) is 33.7 Å². The maximum atomic E-state index is 5.31. The number of aromatic amines is 1. The van der Waals surface area contributed by atoms with E-state index < -0.39 is 0 Å². The minimum absolute atomic E-state index is 0.313. The highest BCUT2D eigenvalue weighted by Crippen LogP contribution is 2.21. The Kier molecular flexibility index (Phi) is 2.84. The molecule has 0 atom stereocenters. The zero-order chi connectivity index (χ0) is 11.8. The SMILES string of the molecule is CC(C)(C)CCn1c(=S)[nH]c2cccnc21. The number of hydrogen-bond donors (Lipinski definition) is 1. The third-order valence-electron chi connectivity index (χ3n) is 2.61. The van der Waals surface area contributed by atoms with E-state index >= 15 is 0 Å². The Labute approximate surface area is 101 Å². The molecule has 0 spiro atoms. The molecule has 3 nitrogen and oxygen atoms in total. The summed E-state index contributed by atoms with van der Waals surface area (Å²) >= 11 is 5.31. The summed E-state index contributed by atoms with van der Waals surface area (Å²) in [6.07, 6.45) is 2.89. The van der Waals surface area contributed by atoms with Crippen molar-refractivity contribution in [1.29, 1.82) is 0 Å². The van der Waals surface area contributed by atoms with E-state index in [2.05, 4.69) is 35.3 Å². The average Bonchev–Trinajstić information content (AvgIpc) is 2.49. The number of nitrogens with zero attached hydrogens (tertiary/aromatic N) is 2. The molecule has 0 fully saturated rings. The molecule has 2 rings (SSSR count). The van der Waals surface area contributed by atoms with E-state index in [1.54, 1.807) is 6.20 Å². The molecule has 0 bridgehead atoms. The highest BCUT2D eigenvalue weighted by atomic mass is 32.1. The number of aryl methyl sites for hydroxylation is 1. The number of imidazole rings is 1. The van der Waals surface area contributed by atoms with Crippen molar-refractivity contribution in [3.8, 4) is 0 Å². The second kappa shape index (κ2) is 4.01. The lowest BCUT2D eigenvalue weighted by molar-refractivity contribution is 0.351. The van der Waals surface area contributed by atoms with Gasteiger partial charge >= 0.3 is 0 Å². The fourth-order valence-electron chi connectivity index (χ4n) is 1.64. The summed E-state index contributed by atoms with van der Waals surface area (Å²) in [7, 11) is 0. The predicted octanol–water partition coefficient (Wildman–Crippen LogP) is 3.53. The molecule has 0 amide bonds. The van der Waals surface area contributed by atoms with Crippen LogP contribution in [0.4, 0.5) is 0 Å². The monoisotopic (exact) mass is 235 g/mol. The Morgan fingerprint density at radius 3 is 2.88 bits per heavy atom. The normalized spacial score (nSPS) is 12.2. The van der Waals surface area contributed by atoms with E-state index in [0.717, 1.165) is 28.9 Å². The van der Waals surface area contributed by atoms with Crippen LogP contribution in [0.25, 0.3) is 11.2 Å². The zero-order valence-corrected chi connectivity index (χ0v) is 10.8. The van der Waals surface area contributed by atoms with Crippen molar-refractivity contribution in [3.05, 3.63) is 23.1 Å². The third kappa shape index (κ3) is 2.32. The lowest BCUT2D eigenvalue weighted by atomic mass is 9.92. The van der Waals surface area contributed by atoms with Crippen LogP contribution in [0.5, 0.6) is 0 Å². The molecule has 0 saturated heterocycles. The van der Waals surface area contributed by atoms with Gasteiger partial charge in [-0.05, 0) is 36.2 Å². The molecular weight excluding hydrogens is 218 g/mol. The summed E-state index contributed by atoms with van der Waals surface area (Å²) in [5.74, 6) is 0. The second-order valence-electron chi connectivity index (χ2n) is 5.27. The molecule has 2 heterocycles. The first-order chi connectivity index (χ1) is 7.47. The van der Waals surface area contributed by atoms with Crippen LogP contribution < -0.4 is 0 Å². The number of hydrogen-bond acceptors (Lipinski definition) is 2. The molecule has 1 N–H and O–H groups in total. The standard InChI is InChI=1S/C12H17N3S/c1-12(2,3)6-8-15-10-9(14-11(15)16)5-4-7-13-10/h4-5,7H,6,8H2,1-3H3,(H,14,16). The van der Waals surface area contributed by atoms with Crippen molar-refractivity contribution in [1.82, 2.24) is 14.5 Å². The maximum Gasteiger partial charge on any atom is 0.179 e. The summed E-state index contributed by atoms with van der Waals surface area (Å²) in [6, 6.07) is 3.92. The quantitative estimate of drug-likeness (QED) is 0.808. The van der Waals surface area contributed by atoms with Gasteiger partial charge in [-0.3, -0.25) is 0 Å². The zero-order valence-electron chi connectivity index (χ0n) is 9.95. The largest absolute Gasteiger partial charge is 0.329 e. The molecule has 4 heteroatoms. The van der Waals surface area contributed by atoms with Gasteiger partial charge < -0.3 is 9.55 Å². The molecule has 0 saturated carbocycles. The highest BCUT2D eigenvalue weighted by molar-refractivity contribution is 7.71. The Balaban J connectivity index is 2.37. The number of H-pyrrole nitrogens is 1. The van der Waals surface area contributed by atoms with Crippen LogP contribution in [0, 0.1) is 10.2 Å². The summed E-state index contributed by atoms with van der Waals surface area (Å²) in [5, 5.41) is 0. The molecule has 0 radical (unpaired) electrons. The molecule has 0 aliphatic rings. The maximum absolute atomic E-state index is 5.31. The fraction of sp³-hybridized carbons (Fsp3) is 0.500. The molecule has 16 heavy (non-hydrogen) atoms. The second-order valence-corrected chi connectivity index (χ2v) is 5.65. The van der Waals surface area contributed by atoms with Gasteiger partial charge in [0.2, 0.25) is 0 Å². The molecular formula is C12H17N3S. The molecule has 86 valence electrons. The third-order valence-corrected chi connectivity index (χ3v) is 2.94. The van der Waals surface area contributed by atoms with E-state index in [1.807, 2.05) is 12.1 Å². The van der Waals surface area contributed by atoms with E-state index in [4.69, 9.17) is 12.2 Å². The van der Waals surface area contributed by atoms with Crippen LogP contribution in [0.2, 0.25) is 0 Å². The summed E-state index contributed by atoms with van der Waals surface area (Å²) in [6.45, 7) is 7.62. The van der Waals surface area contributed by atoms with Gasteiger partial charge in [0.25, 0.3) is 0 Å². The van der Waals surface area contributed by atoms with Gasteiger partial charge in [0.15, 0.2) is 10.4 Å². The smallest absolute Gasteiger partial charge is 0.179 e. The number of nitrogens with one attached hydrogen (secondary N) is 1. The molecule has 0 aromatic carbocycles. The van der Waals surface area contributed by atoms with E-state index in [-0.39, 0.29) is 0 Å². The highest BCUT2D eigenvalue weighted by Gasteiger charge is 2.12. The van der Waals surface area contributed by atoms with Crippen molar-refractivity contribution in [2.24, 2.45) is 5.41 Å². The van der Waals surface area contributed by atoms with Gasteiger partial charge in [0.05, 0.1) is 5.52 Å². The lowest BCUT2D eigenvalue weighted by Crippen LogP contribution is -2.10.